The van der Waals surface area contributed by atoms with E-state index in [2.05, 4.69) is 32.6 Å². The number of likely N-dealkylation sites (tertiary alicyclic amines) is 1. The first kappa shape index (κ1) is 30.6. The summed E-state index contributed by atoms with van der Waals surface area (Å²) in [7, 11) is 1.93. The molecular weight excluding hydrogens is 584 g/mol. The molecular formula is C34H46N8O4. The lowest BCUT2D eigenvalue weighted by molar-refractivity contribution is -0.143. The molecule has 46 heavy (non-hydrogen) atoms. The van der Waals surface area contributed by atoms with Crippen LogP contribution in [0.1, 0.15) is 61.6 Å². The molecule has 4 heterocycles. The number of para-hydroxylation sites is 1. The summed E-state index contributed by atoms with van der Waals surface area (Å²) < 4.78 is 6.14. The molecule has 4 amide bonds. The lowest BCUT2D eigenvalue weighted by Crippen LogP contribution is -2.58. The molecule has 4 aliphatic heterocycles. The van der Waals surface area contributed by atoms with Gasteiger partial charge in [-0.05, 0) is 55.9 Å². The summed E-state index contributed by atoms with van der Waals surface area (Å²) in [6.07, 6.45) is 6.38. The second-order valence-corrected chi connectivity index (χ2v) is 13.5. The number of nitrogens with one attached hydrogen (secondary N) is 4. The molecule has 4 N–H and O–H groups in total. The third-order valence-corrected chi connectivity index (χ3v) is 10.7. The molecule has 0 radical (unpaired) electrons. The number of anilines is 3. The number of benzene rings is 2. The Hall–Kier alpha value is -4.03. The molecule has 0 aromatic heterocycles. The van der Waals surface area contributed by atoms with Crippen LogP contribution in [0.15, 0.2) is 36.4 Å². The number of urea groups is 1. The average Bonchev–Trinajstić information content (AvgIpc) is 3.45. The van der Waals surface area contributed by atoms with Crippen LogP contribution in [0.2, 0.25) is 0 Å². The number of nitrogens with zero attached hydrogens (tertiary/aromatic N) is 4. The lowest BCUT2D eigenvalue weighted by atomic mass is 9.79. The van der Waals surface area contributed by atoms with Gasteiger partial charge in [0.05, 0.1) is 16.9 Å². The van der Waals surface area contributed by atoms with Crippen LogP contribution < -0.4 is 26.6 Å². The molecule has 0 bridgehead atoms. The normalized spacial score (nSPS) is 22.0. The second kappa shape index (κ2) is 12.6. The second-order valence-electron chi connectivity index (χ2n) is 13.5. The smallest absolute Gasteiger partial charge is 0.410 e. The summed E-state index contributed by atoms with van der Waals surface area (Å²) in [5, 5.41) is 7.92. The predicted molar refractivity (Wildman–Crippen MR) is 176 cm³/mol. The van der Waals surface area contributed by atoms with Crippen molar-refractivity contribution in [1.29, 1.82) is 0 Å². The number of ether oxygens (including phenoxy) is 1. The number of fused-ring (bicyclic) bond motifs is 3. The zero-order valence-electron chi connectivity index (χ0n) is 26.9. The van der Waals surface area contributed by atoms with Gasteiger partial charge in [-0.3, -0.25) is 14.7 Å². The number of carbonyl (C=O) groups excluding carboxylic acids is 3. The van der Waals surface area contributed by atoms with Crippen molar-refractivity contribution in [2.24, 2.45) is 0 Å². The fourth-order valence-corrected chi connectivity index (χ4v) is 8.05. The van der Waals surface area contributed by atoms with Gasteiger partial charge >= 0.3 is 12.1 Å². The topological polar surface area (TPSA) is 122 Å². The van der Waals surface area contributed by atoms with E-state index in [9.17, 15) is 14.4 Å². The number of hydrazine groups is 2. The maximum absolute atomic E-state index is 14.1. The SMILES string of the molecule is Cc1cc(CC(OC(=O)N2CCC3(CC2)NC(=O)Nc2ccccc23)C(=O)N2CCN(C3CCCCC3)CC2)cc2c1NNN2C. The number of amides is 4. The highest BCUT2D eigenvalue weighted by atomic mass is 16.6. The highest BCUT2D eigenvalue weighted by Gasteiger charge is 2.43. The molecule has 1 saturated carbocycles. The summed E-state index contributed by atoms with van der Waals surface area (Å²) in [5.41, 5.74) is 11.6. The fraction of sp³-hybridized carbons (Fsp3) is 0.559. The number of rotatable bonds is 5. The Kier molecular flexibility index (Phi) is 8.41. The van der Waals surface area contributed by atoms with E-state index < -0.39 is 17.7 Å². The maximum atomic E-state index is 14.1. The van der Waals surface area contributed by atoms with Crippen molar-refractivity contribution in [3.8, 4) is 0 Å². The molecule has 1 aliphatic carbocycles. The van der Waals surface area contributed by atoms with E-state index >= 15 is 0 Å². The summed E-state index contributed by atoms with van der Waals surface area (Å²) >= 11 is 0. The number of piperidine rings is 1. The number of piperazine rings is 1. The van der Waals surface area contributed by atoms with Crippen molar-refractivity contribution in [1.82, 2.24) is 25.6 Å². The van der Waals surface area contributed by atoms with Crippen molar-refractivity contribution >= 4 is 35.1 Å². The van der Waals surface area contributed by atoms with E-state index in [-0.39, 0.29) is 11.9 Å². The van der Waals surface area contributed by atoms with Crippen LogP contribution in [-0.4, -0.2) is 91.2 Å². The van der Waals surface area contributed by atoms with E-state index in [4.69, 9.17) is 4.74 Å². The van der Waals surface area contributed by atoms with Gasteiger partial charge in [-0.2, -0.15) is 0 Å². The Morgan fingerprint density at radius 3 is 2.48 bits per heavy atom. The summed E-state index contributed by atoms with van der Waals surface area (Å²) in [5.74, 6) is -0.132. The van der Waals surface area contributed by atoms with E-state index in [1.54, 1.807) is 4.90 Å². The monoisotopic (exact) mass is 630 g/mol. The molecule has 12 heteroatoms. The Morgan fingerprint density at radius 1 is 0.978 bits per heavy atom. The van der Waals surface area contributed by atoms with E-state index in [0.717, 1.165) is 46.8 Å². The predicted octanol–water partition coefficient (Wildman–Crippen LogP) is 3.93. The van der Waals surface area contributed by atoms with Crippen LogP contribution in [0.4, 0.5) is 26.7 Å². The van der Waals surface area contributed by atoms with Gasteiger partial charge in [0.2, 0.25) is 0 Å². The van der Waals surface area contributed by atoms with Gasteiger partial charge < -0.3 is 30.6 Å². The fourth-order valence-electron chi connectivity index (χ4n) is 8.05. The number of hydrogen-bond acceptors (Lipinski definition) is 8. The van der Waals surface area contributed by atoms with Gasteiger partial charge in [-0.25, -0.2) is 9.59 Å². The molecule has 1 unspecified atom stereocenters. The summed E-state index contributed by atoms with van der Waals surface area (Å²) in [4.78, 5) is 46.5. The third-order valence-electron chi connectivity index (χ3n) is 10.7. The van der Waals surface area contributed by atoms with Crippen molar-refractivity contribution in [2.45, 2.75) is 76.0 Å². The molecule has 7 rings (SSSR count). The van der Waals surface area contributed by atoms with Crippen LogP contribution in [0.25, 0.3) is 0 Å². The maximum Gasteiger partial charge on any atom is 0.410 e. The zero-order chi connectivity index (χ0) is 31.8. The molecule has 2 aromatic rings. The molecule has 12 nitrogen and oxygen atoms in total. The molecule has 3 fully saturated rings. The van der Waals surface area contributed by atoms with Crippen molar-refractivity contribution in [3.05, 3.63) is 53.1 Å². The Balaban J connectivity index is 1.06. The Labute approximate surface area is 270 Å². The molecule has 1 atom stereocenters. The van der Waals surface area contributed by atoms with Crippen LogP contribution in [0, 0.1) is 6.92 Å². The summed E-state index contributed by atoms with van der Waals surface area (Å²) in [6.45, 7) is 5.85. The highest BCUT2D eigenvalue weighted by molar-refractivity contribution is 5.94. The average molecular weight is 631 g/mol. The van der Waals surface area contributed by atoms with E-state index in [1.165, 1.54) is 32.1 Å². The third kappa shape index (κ3) is 5.95. The Bertz CT molecular complexity index is 1480. The van der Waals surface area contributed by atoms with Crippen LogP contribution in [0.5, 0.6) is 0 Å². The molecule has 2 aromatic carbocycles. The van der Waals surface area contributed by atoms with Gasteiger partial charge in [0.25, 0.3) is 5.91 Å². The van der Waals surface area contributed by atoms with Crippen molar-refractivity contribution in [2.75, 3.05) is 62.1 Å². The largest absolute Gasteiger partial charge is 0.436 e. The number of carbonyl (C=O) groups is 3. The van der Waals surface area contributed by atoms with Crippen molar-refractivity contribution < 1.29 is 19.1 Å². The van der Waals surface area contributed by atoms with E-state index in [0.29, 0.717) is 51.5 Å². The Morgan fingerprint density at radius 2 is 1.72 bits per heavy atom. The first-order valence-electron chi connectivity index (χ1n) is 16.9. The van der Waals surface area contributed by atoms with Gasteiger partial charge in [-0.15, -0.1) is 5.53 Å². The zero-order valence-corrected chi connectivity index (χ0v) is 26.9. The minimum atomic E-state index is -0.936. The molecule has 1 spiro atoms. The van der Waals surface area contributed by atoms with Gasteiger partial charge in [0, 0.05) is 70.0 Å². The standard InChI is InChI=1S/C34H46N8O4/c1-23-20-24(21-28-30(23)37-38-39(28)2)22-29(31(43)41-18-16-40(17-19-41)25-8-4-3-5-9-25)46-33(45)42-14-12-34(13-15-42)26-10-6-7-11-27(26)35-32(44)36-34/h6-7,10-11,20-21,25,29,37-38H,3-5,8-9,12-19,22H2,1-2H3,(H2,35,36,44). The van der Waals surface area contributed by atoms with Crippen LogP contribution >= 0.6 is 0 Å². The molecule has 5 aliphatic rings. The van der Waals surface area contributed by atoms with Gasteiger partial charge in [0.1, 0.15) is 0 Å². The molecule has 246 valence electrons. The van der Waals surface area contributed by atoms with E-state index in [1.807, 2.05) is 54.2 Å². The first-order valence-corrected chi connectivity index (χ1v) is 16.9. The first-order chi connectivity index (χ1) is 22.3. The number of hydrogen-bond donors (Lipinski definition) is 4. The van der Waals surface area contributed by atoms with Crippen LogP contribution in [-0.2, 0) is 21.5 Å². The van der Waals surface area contributed by atoms with Gasteiger partial charge in [0.15, 0.2) is 6.10 Å². The van der Waals surface area contributed by atoms with Gasteiger partial charge in [-0.1, -0.05) is 43.5 Å². The van der Waals surface area contributed by atoms with Crippen molar-refractivity contribution in [3.63, 3.8) is 0 Å². The quantitative estimate of drug-likeness (QED) is 0.392. The highest BCUT2D eigenvalue weighted by Crippen LogP contribution is 2.40. The van der Waals surface area contributed by atoms with Crippen LogP contribution in [0.3, 0.4) is 0 Å². The molecule has 2 saturated heterocycles. The minimum Gasteiger partial charge on any atom is -0.436 e. The minimum absolute atomic E-state index is 0.132. The summed E-state index contributed by atoms with van der Waals surface area (Å²) in [6, 6.07) is 12.3. The number of aryl methyl sites for hydroxylation is 1. The lowest BCUT2D eigenvalue weighted by Gasteiger charge is -2.45.